The Bertz CT molecular complexity index is 1200. The molecule has 0 saturated heterocycles. The number of hydrogen-bond acceptors (Lipinski definition) is 3. The molecule has 4 rings (SSSR count). The summed E-state index contributed by atoms with van der Waals surface area (Å²) in [5, 5.41) is 5.02. The van der Waals surface area contributed by atoms with Crippen LogP contribution in [0.2, 0.25) is 0 Å². The quantitative estimate of drug-likeness (QED) is 0.237. The Hall–Kier alpha value is -3.74. The maximum atomic E-state index is 13.2. The first-order valence-corrected chi connectivity index (χ1v) is 9.02. The lowest BCUT2D eigenvalue weighted by Crippen LogP contribution is -2.04. The van der Waals surface area contributed by atoms with Crippen molar-refractivity contribution in [3.63, 3.8) is 0 Å². The molecule has 0 aliphatic carbocycles. The Balaban J connectivity index is 1.63. The Morgan fingerprint density at radius 3 is 2.27 bits per heavy atom. The molecule has 30 heavy (non-hydrogen) atoms. The number of pyridine rings is 1. The van der Waals surface area contributed by atoms with Crippen molar-refractivity contribution in [2.45, 2.75) is 6.18 Å². The largest absolute Gasteiger partial charge is 0.416 e. The number of hydrazone groups is 1. The van der Waals surface area contributed by atoms with Crippen LogP contribution in [0.4, 0.5) is 23.2 Å². The highest BCUT2D eigenvalue weighted by molar-refractivity contribution is 6.00. The molecule has 1 aromatic heterocycles. The van der Waals surface area contributed by atoms with E-state index in [2.05, 4.69) is 15.5 Å². The number of aromatic nitrogens is 1. The van der Waals surface area contributed by atoms with Crippen LogP contribution in [0.25, 0.3) is 22.2 Å². The first-order chi connectivity index (χ1) is 14.4. The fraction of sp³-hybridized carbons (Fsp3) is 0.0435. The number of nitrogens with zero attached hydrogens (tertiary/aromatic N) is 2. The van der Waals surface area contributed by atoms with Crippen LogP contribution in [-0.2, 0) is 6.18 Å². The van der Waals surface area contributed by atoms with E-state index < -0.39 is 11.7 Å². The molecule has 1 heterocycles. The van der Waals surface area contributed by atoms with Crippen molar-refractivity contribution < 1.29 is 17.6 Å². The lowest BCUT2D eigenvalue weighted by Gasteiger charge is -2.08. The third-order valence-electron chi connectivity index (χ3n) is 4.50. The van der Waals surface area contributed by atoms with Crippen molar-refractivity contribution in [1.82, 2.24) is 4.98 Å². The second-order valence-electron chi connectivity index (χ2n) is 6.57. The van der Waals surface area contributed by atoms with Crippen molar-refractivity contribution in [3.8, 4) is 11.3 Å². The third kappa shape index (κ3) is 4.30. The number of alkyl halides is 3. The molecule has 3 aromatic carbocycles. The zero-order valence-electron chi connectivity index (χ0n) is 15.5. The van der Waals surface area contributed by atoms with Gasteiger partial charge in [-0.25, -0.2) is 9.37 Å². The van der Waals surface area contributed by atoms with E-state index in [1.165, 1.54) is 24.3 Å². The molecule has 0 radical (unpaired) electrons. The number of fused-ring (bicyclic) bond motifs is 1. The summed E-state index contributed by atoms with van der Waals surface area (Å²) in [5.74, 6) is -0.331. The number of hydrogen-bond donors (Lipinski definition) is 1. The van der Waals surface area contributed by atoms with Crippen molar-refractivity contribution in [2.75, 3.05) is 5.43 Å². The third-order valence-corrected chi connectivity index (χ3v) is 4.50. The van der Waals surface area contributed by atoms with Gasteiger partial charge in [0.1, 0.15) is 5.82 Å². The number of benzene rings is 3. The second-order valence-corrected chi connectivity index (χ2v) is 6.57. The van der Waals surface area contributed by atoms with E-state index in [9.17, 15) is 17.6 Å². The Kier molecular flexibility index (Phi) is 5.18. The Morgan fingerprint density at radius 1 is 0.867 bits per heavy atom. The van der Waals surface area contributed by atoms with Gasteiger partial charge in [-0.1, -0.05) is 18.2 Å². The van der Waals surface area contributed by atoms with Crippen LogP contribution >= 0.6 is 0 Å². The number of para-hydroxylation sites is 1. The molecule has 0 aliphatic rings. The highest BCUT2D eigenvalue weighted by Gasteiger charge is 2.29. The molecule has 0 aliphatic heterocycles. The van der Waals surface area contributed by atoms with E-state index in [0.717, 1.165) is 34.2 Å². The molecule has 7 heteroatoms. The molecule has 150 valence electrons. The summed E-state index contributed by atoms with van der Waals surface area (Å²) < 4.78 is 51.2. The van der Waals surface area contributed by atoms with Gasteiger partial charge in [0.15, 0.2) is 0 Å². The first-order valence-electron chi connectivity index (χ1n) is 9.02. The zero-order chi connectivity index (χ0) is 21.1. The van der Waals surface area contributed by atoms with E-state index in [0.29, 0.717) is 11.4 Å². The molecular formula is C23H15F4N3. The van der Waals surface area contributed by atoms with Gasteiger partial charge in [0.2, 0.25) is 0 Å². The van der Waals surface area contributed by atoms with Gasteiger partial charge in [-0.15, -0.1) is 0 Å². The van der Waals surface area contributed by atoms with E-state index in [1.807, 2.05) is 30.3 Å². The fourth-order valence-corrected chi connectivity index (χ4v) is 2.99. The normalized spacial score (nSPS) is 11.9. The average molecular weight is 409 g/mol. The minimum Gasteiger partial charge on any atom is -0.279 e. The molecule has 4 aromatic rings. The van der Waals surface area contributed by atoms with Crippen molar-refractivity contribution in [3.05, 3.63) is 95.8 Å². The van der Waals surface area contributed by atoms with Gasteiger partial charge in [0.05, 0.1) is 28.7 Å². The SMILES string of the molecule is Fc1ccc(-c2cc(/C=N/Nc3ccc(C(F)(F)F)cc3)c3ccccc3n2)cc1. The molecule has 0 saturated carbocycles. The molecule has 0 unspecified atom stereocenters. The van der Waals surface area contributed by atoms with Crippen LogP contribution in [0, 0.1) is 5.82 Å². The van der Waals surface area contributed by atoms with Crippen molar-refractivity contribution in [2.24, 2.45) is 5.10 Å². The summed E-state index contributed by atoms with van der Waals surface area (Å²) in [6, 6.07) is 20.0. The molecule has 0 fully saturated rings. The summed E-state index contributed by atoms with van der Waals surface area (Å²) >= 11 is 0. The maximum absolute atomic E-state index is 13.2. The van der Waals surface area contributed by atoms with Crippen LogP contribution in [0.15, 0.2) is 84.0 Å². The van der Waals surface area contributed by atoms with Crippen molar-refractivity contribution in [1.29, 1.82) is 0 Å². The van der Waals surface area contributed by atoms with E-state index in [1.54, 1.807) is 18.3 Å². The number of nitrogens with one attached hydrogen (secondary N) is 1. The molecular weight excluding hydrogens is 394 g/mol. The summed E-state index contributed by atoms with van der Waals surface area (Å²) in [6.07, 6.45) is -2.80. The number of halogens is 4. The first kappa shape index (κ1) is 19.6. The predicted octanol–water partition coefficient (Wildman–Crippen LogP) is 6.51. The van der Waals surface area contributed by atoms with Gasteiger partial charge in [0.25, 0.3) is 0 Å². The molecule has 1 N–H and O–H groups in total. The lowest BCUT2D eigenvalue weighted by atomic mass is 10.0. The van der Waals surface area contributed by atoms with Gasteiger partial charge >= 0.3 is 6.18 Å². The van der Waals surface area contributed by atoms with E-state index >= 15 is 0 Å². The molecule has 3 nitrogen and oxygen atoms in total. The van der Waals surface area contributed by atoms with Crippen LogP contribution in [-0.4, -0.2) is 11.2 Å². The smallest absolute Gasteiger partial charge is 0.279 e. The van der Waals surface area contributed by atoms with Crippen LogP contribution in [0.3, 0.4) is 0 Å². The summed E-state index contributed by atoms with van der Waals surface area (Å²) in [6.45, 7) is 0. The Morgan fingerprint density at radius 2 is 1.57 bits per heavy atom. The van der Waals surface area contributed by atoms with Gasteiger partial charge in [-0.2, -0.15) is 18.3 Å². The minimum atomic E-state index is -4.38. The maximum Gasteiger partial charge on any atom is 0.416 e. The summed E-state index contributed by atoms with van der Waals surface area (Å²) in [5.41, 5.74) is 5.36. The summed E-state index contributed by atoms with van der Waals surface area (Å²) in [4.78, 5) is 4.62. The molecule has 0 spiro atoms. The highest BCUT2D eigenvalue weighted by Crippen LogP contribution is 2.30. The van der Waals surface area contributed by atoms with Crippen LogP contribution < -0.4 is 5.43 Å². The van der Waals surface area contributed by atoms with Gasteiger partial charge in [-0.05, 0) is 60.7 Å². The van der Waals surface area contributed by atoms with Crippen LogP contribution in [0.5, 0.6) is 0 Å². The highest BCUT2D eigenvalue weighted by atomic mass is 19.4. The number of anilines is 1. The lowest BCUT2D eigenvalue weighted by molar-refractivity contribution is -0.137. The molecule has 0 bridgehead atoms. The van der Waals surface area contributed by atoms with Crippen LogP contribution in [0.1, 0.15) is 11.1 Å². The minimum absolute atomic E-state index is 0.331. The monoisotopic (exact) mass is 409 g/mol. The topological polar surface area (TPSA) is 37.3 Å². The Labute approximate surface area is 169 Å². The fourth-order valence-electron chi connectivity index (χ4n) is 2.99. The predicted molar refractivity (Wildman–Crippen MR) is 110 cm³/mol. The average Bonchev–Trinajstić information content (AvgIpc) is 2.74. The van der Waals surface area contributed by atoms with Crippen molar-refractivity contribution >= 4 is 22.8 Å². The van der Waals surface area contributed by atoms with Gasteiger partial charge in [-0.3, -0.25) is 5.43 Å². The van der Waals surface area contributed by atoms with Gasteiger partial charge < -0.3 is 0 Å². The zero-order valence-corrected chi connectivity index (χ0v) is 15.5. The van der Waals surface area contributed by atoms with E-state index in [4.69, 9.17) is 0 Å². The molecule has 0 amide bonds. The van der Waals surface area contributed by atoms with E-state index in [-0.39, 0.29) is 5.82 Å². The molecule has 0 atom stereocenters. The number of rotatable bonds is 4. The standard InChI is InChI=1S/C23H15F4N3/c24-18-9-5-15(6-10-18)22-13-16(20-3-1-2-4-21(20)29-22)14-28-30-19-11-7-17(8-12-19)23(25,26)27/h1-14,30H/b28-14+. The van der Waals surface area contributed by atoms with Gasteiger partial charge in [0, 0.05) is 16.5 Å². The summed E-state index contributed by atoms with van der Waals surface area (Å²) in [7, 11) is 0. The second kappa shape index (κ2) is 7.94.